The van der Waals surface area contributed by atoms with E-state index in [4.69, 9.17) is 4.74 Å². The highest BCUT2D eigenvalue weighted by Crippen LogP contribution is 2.53. The van der Waals surface area contributed by atoms with Crippen molar-refractivity contribution in [2.75, 3.05) is 0 Å². The highest BCUT2D eigenvalue weighted by molar-refractivity contribution is 8.15. The molecule has 0 spiro atoms. The molecule has 2 bridgehead atoms. The summed E-state index contributed by atoms with van der Waals surface area (Å²) in [5, 5.41) is 11.3. The summed E-state index contributed by atoms with van der Waals surface area (Å²) < 4.78 is 5.87. The number of phenols is 1. The predicted octanol–water partition coefficient (Wildman–Crippen LogP) is 2.00. The van der Waals surface area contributed by atoms with E-state index in [0.29, 0.717) is 11.7 Å². The number of carbonyl (C=O) groups is 2. The van der Waals surface area contributed by atoms with Crippen LogP contribution in [0.25, 0.3) is 0 Å². The zero-order valence-corrected chi connectivity index (χ0v) is 11.4. The maximum absolute atomic E-state index is 12.0. The minimum absolute atomic E-state index is 0.0270. The first-order chi connectivity index (χ1) is 9.61. The molecular weight excluding hydrogens is 278 g/mol. The lowest BCUT2D eigenvalue weighted by Gasteiger charge is -2.37. The van der Waals surface area contributed by atoms with Crippen LogP contribution in [0.1, 0.15) is 24.3 Å². The van der Waals surface area contributed by atoms with Crippen molar-refractivity contribution < 1.29 is 19.4 Å². The summed E-state index contributed by atoms with van der Waals surface area (Å²) in [5.74, 6) is 0.920. The lowest BCUT2D eigenvalue weighted by Crippen LogP contribution is -2.39. The zero-order chi connectivity index (χ0) is 13.9. The van der Waals surface area contributed by atoms with Gasteiger partial charge in [-0.05, 0) is 30.4 Å². The number of hydrogen-bond acceptors (Lipinski definition) is 5. The van der Waals surface area contributed by atoms with E-state index in [1.165, 1.54) is 0 Å². The maximum Gasteiger partial charge on any atom is 0.286 e. The standard InChI is InChI=1S/C14H13NO4S/c16-7-1-2-9-10(5-7)19-8-3-6(4-8)11(9)12-13(17)15-14(18)20-12/h1-2,5-6,8,11-12,16H,3-4H2,(H,15,17,18). The van der Waals surface area contributed by atoms with Crippen LogP contribution in [-0.4, -0.2) is 27.6 Å². The average Bonchev–Trinajstić information content (AvgIpc) is 2.55. The third-order valence-electron chi connectivity index (χ3n) is 4.33. The molecule has 2 unspecified atom stereocenters. The molecule has 1 saturated carbocycles. The molecule has 104 valence electrons. The number of benzene rings is 1. The van der Waals surface area contributed by atoms with Crippen LogP contribution in [0.2, 0.25) is 0 Å². The minimum Gasteiger partial charge on any atom is -0.508 e. The molecule has 20 heavy (non-hydrogen) atoms. The fourth-order valence-electron chi connectivity index (χ4n) is 3.35. The number of thioether (sulfide) groups is 1. The van der Waals surface area contributed by atoms with Crippen molar-refractivity contribution in [1.29, 1.82) is 0 Å². The van der Waals surface area contributed by atoms with Crippen molar-refractivity contribution in [3.05, 3.63) is 23.8 Å². The Morgan fingerprint density at radius 3 is 2.80 bits per heavy atom. The van der Waals surface area contributed by atoms with Gasteiger partial charge in [0.2, 0.25) is 5.91 Å². The van der Waals surface area contributed by atoms with Crippen LogP contribution in [0.3, 0.4) is 0 Å². The molecular formula is C14H13NO4S. The van der Waals surface area contributed by atoms with E-state index >= 15 is 0 Å². The average molecular weight is 291 g/mol. The summed E-state index contributed by atoms with van der Waals surface area (Å²) in [5.41, 5.74) is 0.926. The number of carbonyl (C=O) groups excluding carboxylic acids is 2. The molecule has 4 aliphatic rings. The van der Waals surface area contributed by atoms with Crippen LogP contribution in [-0.2, 0) is 4.79 Å². The monoisotopic (exact) mass is 291 g/mol. The molecule has 1 saturated heterocycles. The number of amides is 2. The number of aromatic hydroxyl groups is 1. The molecule has 2 amide bonds. The van der Waals surface area contributed by atoms with E-state index in [1.807, 2.05) is 6.07 Å². The third kappa shape index (κ3) is 1.71. The van der Waals surface area contributed by atoms with Crippen LogP contribution in [0.4, 0.5) is 4.79 Å². The second kappa shape index (κ2) is 4.15. The summed E-state index contributed by atoms with van der Waals surface area (Å²) in [7, 11) is 0. The topological polar surface area (TPSA) is 75.6 Å². The van der Waals surface area contributed by atoms with Gasteiger partial charge in [-0.2, -0.15) is 0 Å². The van der Waals surface area contributed by atoms with Gasteiger partial charge in [0.25, 0.3) is 5.24 Å². The lowest BCUT2D eigenvalue weighted by atomic mass is 9.70. The summed E-state index contributed by atoms with van der Waals surface area (Å²) in [4.78, 5) is 23.4. The smallest absolute Gasteiger partial charge is 0.286 e. The predicted molar refractivity (Wildman–Crippen MR) is 72.9 cm³/mol. The fourth-order valence-corrected chi connectivity index (χ4v) is 4.42. The Morgan fingerprint density at radius 1 is 1.30 bits per heavy atom. The zero-order valence-electron chi connectivity index (χ0n) is 10.5. The first-order valence-electron chi connectivity index (χ1n) is 6.63. The molecule has 2 N–H and O–H groups in total. The number of phenolic OH excluding ortho intramolecular Hbond substituents is 1. The minimum atomic E-state index is -0.390. The van der Waals surface area contributed by atoms with Crippen LogP contribution in [0.5, 0.6) is 11.5 Å². The molecule has 5 rings (SSSR count). The van der Waals surface area contributed by atoms with Crippen LogP contribution < -0.4 is 10.1 Å². The number of imide groups is 1. The van der Waals surface area contributed by atoms with Gasteiger partial charge in [-0.1, -0.05) is 17.8 Å². The van der Waals surface area contributed by atoms with E-state index < -0.39 is 5.25 Å². The van der Waals surface area contributed by atoms with Crippen LogP contribution >= 0.6 is 11.8 Å². The molecule has 3 aliphatic heterocycles. The third-order valence-corrected chi connectivity index (χ3v) is 5.41. The maximum atomic E-state index is 12.0. The lowest BCUT2D eigenvalue weighted by molar-refractivity contribution is -0.119. The van der Waals surface area contributed by atoms with Gasteiger partial charge in [0.1, 0.15) is 16.7 Å². The van der Waals surface area contributed by atoms with Crippen molar-refractivity contribution in [3.63, 3.8) is 0 Å². The Kier molecular flexibility index (Phi) is 2.51. The number of rotatable bonds is 1. The van der Waals surface area contributed by atoms with E-state index in [2.05, 4.69) is 5.32 Å². The summed E-state index contributed by atoms with van der Waals surface area (Å²) in [6.07, 6.45) is 1.97. The number of ether oxygens (including phenoxy) is 1. The first-order valence-corrected chi connectivity index (χ1v) is 7.51. The molecule has 6 heteroatoms. The van der Waals surface area contributed by atoms with Gasteiger partial charge in [-0.15, -0.1) is 0 Å². The van der Waals surface area contributed by atoms with Crippen LogP contribution in [0.15, 0.2) is 18.2 Å². The Labute approximate surface area is 119 Å². The molecule has 2 atom stereocenters. The Bertz CT molecular complexity index is 611. The van der Waals surface area contributed by atoms with Crippen molar-refractivity contribution in [3.8, 4) is 11.5 Å². The molecule has 1 aliphatic carbocycles. The largest absolute Gasteiger partial charge is 0.508 e. The summed E-state index contributed by atoms with van der Waals surface area (Å²) in [6.45, 7) is 0. The molecule has 3 heterocycles. The van der Waals surface area contributed by atoms with Crippen molar-refractivity contribution >= 4 is 22.9 Å². The SMILES string of the molecule is O=C1NC(=O)C(C2c3ccc(O)cc3OC3CC2C3)S1. The van der Waals surface area contributed by atoms with E-state index in [1.54, 1.807) is 12.1 Å². The van der Waals surface area contributed by atoms with Gasteiger partial charge in [0, 0.05) is 12.0 Å². The van der Waals surface area contributed by atoms with Gasteiger partial charge in [-0.25, -0.2) is 0 Å². The van der Waals surface area contributed by atoms with Gasteiger partial charge in [-0.3, -0.25) is 14.9 Å². The highest BCUT2D eigenvalue weighted by atomic mass is 32.2. The Balaban J connectivity index is 1.79. The normalized spacial score (nSPS) is 34.6. The molecule has 0 aromatic heterocycles. The van der Waals surface area contributed by atoms with Gasteiger partial charge in [0.15, 0.2) is 0 Å². The summed E-state index contributed by atoms with van der Waals surface area (Å²) >= 11 is 1.07. The number of hydrogen-bond donors (Lipinski definition) is 2. The first kappa shape index (κ1) is 12.1. The molecule has 2 fully saturated rings. The molecule has 1 aromatic carbocycles. The second-order valence-corrected chi connectivity index (χ2v) is 6.65. The summed E-state index contributed by atoms with van der Waals surface area (Å²) in [6, 6.07) is 5.02. The van der Waals surface area contributed by atoms with Gasteiger partial charge >= 0.3 is 0 Å². The second-order valence-electron chi connectivity index (χ2n) is 5.53. The van der Waals surface area contributed by atoms with Crippen LogP contribution in [0, 0.1) is 5.92 Å². The van der Waals surface area contributed by atoms with Gasteiger partial charge < -0.3 is 9.84 Å². The van der Waals surface area contributed by atoms with E-state index in [0.717, 1.165) is 30.2 Å². The van der Waals surface area contributed by atoms with E-state index in [9.17, 15) is 14.7 Å². The number of nitrogens with one attached hydrogen (secondary N) is 1. The quantitative estimate of drug-likeness (QED) is 0.827. The highest BCUT2D eigenvalue weighted by Gasteiger charge is 2.49. The van der Waals surface area contributed by atoms with Gasteiger partial charge in [0.05, 0.1) is 6.10 Å². The van der Waals surface area contributed by atoms with Crippen molar-refractivity contribution in [2.45, 2.75) is 30.1 Å². The van der Waals surface area contributed by atoms with Crippen molar-refractivity contribution in [1.82, 2.24) is 5.32 Å². The fraction of sp³-hybridized carbons (Fsp3) is 0.429. The van der Waals surface area contributed by atoms with E-state index in [-0.39, 0.29) is 28.9 Å². The molecule has 1 aromatic rings. The Hall–Kier alpha value is -1.69. The Morgan fingerprint density at radius 2 is 2.10 bits per heavy atom. The molecule has 5 nitrogen and oxygen atoms in total. The van der Waals surface area contributed by atoms with Crippen molar-refractivity contribution in [2.24, 2.45) is 5.92 Å². The molecule has 0 radical (unpaired) electrons.